The van der Waals surface area contributed by atoms with Gasteiger partial charge < -0.3 is 19.9 Å². The highest BCUT2D eigenvalue weighted by molar-refractivity contribution is 6.31. The zero-order valence-electron chi connectivity index (χ0n) is 21.8. The monoisotopic (exact) mass is 547 g/mol. The molecule has 5 rings (SSSR count). The summed E-state index contributed by atoms with van der Waals surface area (Å²) in [5.74, 6) is 0.294. The van der Waals surface area contributed by atoms with Crippen LogP contribution in [0.15, 0.2) is 78.9 Å². The van der Waals surface area contributed by atoms with E-state index in [-0.39, 0.29) is 44.0 Å². The highest BCUT2D eigenvalue weighted by atomic mass is 35.5. The van der Waals surface area contributed by atoms with Crippen molar-refractivity contribution in [2.45, 2.75) is 25.3 Å². The van der Waals surface area contributed by atoms with Crippen LogP contribution in [0.2, 0.25) is 5.02 Å². The van der Waals surface area contributed by atoms with Crippen molar-refractivity contribution >= 4 is 29.4 Å². The van der Waals surface area contributed by atoms with Crippen molar-refractivity contribution in [2.24, 2.45) is 0 Å². The highest BCUT2D eigenvalue weighted by Gasteiger charge is 2.51. The van der Waals surface area contributed by atoms with Crippen LogP contribution in [0.4, 0.5) is 4.79 Å². The molecule has 4 amide bonds. The minimum absolute atomic E-state index is 0.0341. The number of likely N-dealkylation sites (N-methyl/N-ethyl adjacent to an activating group) is 1. The summed E-state index contributed by atoms with van der Waals surface area (Å²) in [7, 11) is 3.30. The number of nitrogens with one attached hydrogen (secondary N) is 1. The zero-order chi connectivity index (χ0) is 27.5. The van der Waals surface area contributed by atoms with E-state index >= 15 is 0 Å². The standard InChI is InChI=1S/C29H30ClN5O4/c1-32-19-26(36)34-25(35(32)29(38)31-16-20-12-14-23(39-2)15-13-20)18-33(17-22-10-6-7-11-24(22)30)28(37)27(34)21-8-4-3-5-9-21/h3-15,25,27H,16-19H2,1-2H3,(H,31,38)/t25?,27-/m0/s1. The van der Waals surface area contributed by atoms with Crippen LogP contribution >= 0.6 is 11.6 Å². The highest BCUT2D eigenvalue weighted by Crippen LogP contribution is 2.35. The smallest absolute Gasteiger partial charge is 0.334 e. The Balaban J connectivity index is 1.46. The van der Waals surface area contributed by atoms with Crippen molar-refractivity contribution in [3.63, 3.8) is 0 Å². The van der Waals surface area contributed by atoms with Gasteiger partial charge in [0.15, 0.2) is 0 Å². The third kappa shape index (κ3) is 5.41. The predicted molar refractivity (Wildman–Crippen MR) is 146 cm³/mol. The van der Waals surface area contributed by atoms with Gasteiger partial charge in [0.05, 0.1) is 20.2 Å². The fourth-order valence-corrected chi connectivity index (χ4v) is 5.33. The lowest BCUT2D eigenvalue weighted by atomic mass is 9.98. The van der Waals surface area contributed by atoms with E-state index in [0.29, 0.717) is 10.6 Å². The lowest BCUT2D eigenvalue weighted by Crippen LogP contribution is -2.73. The fourth-order valence-electron chi connectivity index (χ4n) is 5.13. The number of hydrazine groups is 1. The number of carbonyl (C=O) groups excluding carboxylic acids is 3. The lowest BCUT2D eigenvalue weighted by Gasteiger charge is -2.54. The molecule has 2 aliphatic heterocycles. The number of fused-ring (bicyclic) bond motifs is 1. The van der Waals surface area contributed by atoms with E-state index in [4.69, 9.17) is 16.3 Å². The van der Waals surface area contributed by atoms with Crippen LogP contribution in [0, 0.1) is 0 Å². The van der Waals surface area contributed by atoms with E-state index in [1.54, 1.807) is 35.0 Å². The molecular weight excluding hydrogens is 518 g/mol. The molecule has 2 heterocycles. The number of urea groups is 1. The first kappa shape index (κ1) is 26.5. The molecule has 2 aliphatic rings. The molecule has 0 saturated carbocycles. The molecule has 3 aromatic rings. The summed E-state index contributed by atoms with van der Waals surface area (Å²) in [5, 5.41) is 6.66. The molecule has 0 bridgehead atoms. The van der Waals surface area contributed by atoms with E-state index in [0.717, 1.165) is 16.9 Å². The van der Waals surface area contributed by atoms with E-state index < -0.39 is 12.2 Å². The maximum absolute atomic E-state index is 13.9. The molecule has 0 aliphatic carbocycles. The first-order valence-corrected chi connectivity index (χ1v) is 13.0. The molecule has 10 heteroatoms. The van der Waals surface area contributed by atoms with Gasteiger partial charge >= 0.3 is 6.03 Å². The lowest BCUT2D eigenvalue weighted by molar-refractivity contribution is -0.188. The third-order valence-corrected chi connectivity index (χ3v) is 7.44. The molecule has 3 aromatic carbocycles. The second-order valence-corrected chi connectivity index (χ2v) is 9.98. The van der Waals surface area contributed by atoms with E-state index in [2.05, 4.69) is 5.32 Å². The Morgan fingerprint density at radius 3 is 2.38 bits per heavy atom. The second-order valence-electron chi connectivity index (χ2n) is 9.57. The minimum Gasteiger partial charge on any atom is -0.497 e. The Labute approximate surface area is 232 Å². The van der Waals surface area contributed by atoms with Gasteiger partial charge in [-0.1, -0.05) is 72.3 Å². The van der Waals surface area contributed by atoms with Crippen molar-refractivity contribution in [2.75, 3.05) is 27.2 Å². The molecule has 202 valence electrons. The van der Waals surface area contributed by atoms with Gasteiger partial charge in [0.25, 0.3) is 5.91 Å². The number of piperazine rings is 1. The normalized spacial score (nSPS) is 19.6. The van der Waals surface area contributed by atoms with E-state index in [1.165, 1.54) is 5.01 Å². The van der Waals surface area contributed by atoms with Gasteiger partial charge in [-0.2, -0.15) is 0 Å². The summed E-state index contributed by atoms with van der Waals surface area (Å²) < 4.78 is 5.21. The average Bonchev–Trinajstić information content (AvgIpc) is 2.94. The minimum atomic E-state index is -0.870. The van der Waals surface area contributed by atoms with Crippen molar-refractivity contribution < 1.29 is 19.1 Å². The van der Waals surface area contributed by atoms with Crippen molar-refractivity contribution in [1.82, 2.24) is 25.1 Å². The quantitative estimate of drug-likeness (QED) is 0.509. The van der Waals surface area contributed by atoms with E-state index in [1.807, 2.05) is 72.8 Å². The Hall–Kier alpha value is -4.08. The number of rotatable bonds is 6. The molecule has 1 N–H and O–H groups in total. The summed E-state index contributed by atoms with van der Waals surface area (Å²) >= 11 is 6.43. The molecule has 0 radical (unpaired) electrons. The largest absolute Gasteiger partial charge is 0.497 e. The molecule has 1 unspecified atom stereocenters. The maximum Gasteiger partial charge on any atom is 0.334 e. The van der Waals surface area contributed by atoms with E-state index in [9.17, 15) is 14.4 Å². The van der Waals surface area contributed by atoms with Gasteiger partial charge in [-0.25, -0.2) is 14.8 Å². The number of carbonyl (C=O) groups is 3. The maximum atomic E-state index is 13.9. The van der Waals surface area contributed by atoms with Gasteiger partial charge in [0.2, 0.25) is 5.91 Å². The molecule has 0 aromatic heterocycles. The zero-order valence-corrected chi connectivity index (χ0v) is 22.5. The number of ether oxygens (including phenoxy) is 1. The van der Waals surface area contributed by atoms with Crippen molar-refractivity contribution in [3.05, 3.63) is 101 Å². The van der Waals surface area contributed by atoms with Crippen LogP contribution in [0.5, 0.6) is 5.75 Å². The number of benzene rings is 3. The van der Waals surface area contributed by atoms with Crippen LogP contribution in [0.1, 0.15) is 22.7 Å². The molecule has 2 saturated heterocycles. The number of hydrogen-bond donors (Lipinski definition) is 1. The summed E-state index contributed by atoms with van der Waals surface area (Å²) in [6.07, 6.45) is -0.711. The summed E-state index contributed by atoms with van der Waals surface area (Å²) in [6, 6.07) is 22.7. The van der Waals surface area contributed by atoms with Crippen molar-refractivity contribution in [1.29, 1.82) is 0 Å². The topological polar surface area (TPSA) is 85.4 Å². The van der Waals surface area contributed by atoms with Crippen LogP contribution < -0.4 is 10.1 Å². The van der Waals surface area contributed by atoms with Crippen LogP contribution in [0.3, 0.4) is 0 Å². The summed E-state index contributed by atoms with van der Waals surface area (Å²) in [5.41, 5.74) is 2.38. The van der Waals surface area contributed by atoms with Crippen molar-refractivity contribution in [3.8, 4) is 5.75 Å². The fraction of sp³-hybridized carbons (Fsp3) is 0.276. The molecule has 2 atom stereocenters. The van der Waals surface area contributed by atoms with Gasteiger partial charge in [0, 0.05) is 25.2 Å². The first-order chi connectivity index (χ1) is 18.9. The van der Waals surface area contributed by atoms with Crippen LogP contribution in [-0.4, -0.2) is 71.1 Å². The van der Waals surface area contributed by atoms with Crippen LogP contribution in [0.25, 0.3) is 0 Å². The Kier molecular flexibility index (Phi) is 7.72. The number of nitrogens with zero attached hydrogens (tertiary/aromatic N) is 4. The van der Waals surface area contributed by atoms with Gasteiger partial charge in [0.1, 0.15) is 18.0 Å². The van der Waals surface area contributed by atoms with Gasteiger partial charge in [-0.3, -0.25) is 9.59 Å². The third-order valence-electron chi connectivity index (χ3n) is 7.08. The number of amides is 4. The SMILES string of the molecule is COc1ccc(CNC(=O)N2C3CN(Cc4ccccc4Cl)C(=O)[C@H](c4ccccc4)N3C(=O)CN2C)cc1. The summed E-state index contributed by atoms with van der Waals surface area (Å²) in [4.78, 5) is 44.1. The Morgan fingerprint density at radius 2 is 1.69 bits per heavy atom. The molecule has 2 fully saturated rings. The second kappa shape index (κ2) is 11.3. The Bertz CT molecular complexity index is 1350. The molecule has 9 nitrogen and oxygen atoms in total. The van der Waals surface area contributed by atoms with Gasteiger partial charge in [-0.15, -0.1) is 0 Å². The van der Waals surface area contributed by atoms with Crippen LogP contribution in [-0.2, 0) is 22.7 Å². The predicted octanol–water partition coefficient (Wildman–Crippen LogP) is 3.66. The first-order valence-electron chi connectivity index (χ1n) is 12.7. The Morgan fingerprint density at radius 1 is 1.00 bits per heavy atom. The molecule has 39 heavy (non-hydrogen) atoms. The molecular formula is C29H30ClN5O4. The van der Waals surface area contributed by atoms with Gasteiger partial charge in [-0.05, 0) is 34.9 Å². The molecule has 0 spiro atoms. The summed E-state index contributed by atoms with van der Waals surface area (Å²) in [6.45, 7) is 0.649. The number of methoxy groups -OCH3 is 1. The number of hydrogen-bond acceptors (Lipinski definition) is 5. The number of halogens is 1. The average molecular weight is 548 g/mol.